The van der Waals surface area contributed by atoms with E-state index in [0.29, 0.717) is 12.6 Å². The number of hydrogen-bond acceptors (Lipinski definition) is 4. The van der Waals surface area contributed by atoms with Crippen LogP contribution >= 0.6 is 0 Å². The zero-order valence-corrected chi connectivity index (χ0v) is 15.4. The monoisotopic (exact) mass is 326 g/mol. The van der Waals surface area contributed by atoms with Crippen LogP contribution in [0.25, 0.3) is 0 Å². The molecule has 5 nitrogen and oxygen atoms in total. The van der Waals surface area contributed by atoms with Gasteiger partial charge in [-0.3, -0.25) is 0 Å². The smallest absolute Gasteiger partial charge is 0.407 e. The molecule has 1 amide bonds. The van der Waals surface area contributed by atoms with Crippen LogP contribution < -0.4 is 10.6 Å². The molecule has 0 radical (unpaired) electrons. The van der Waals surface area contributed by atoms with Gasteiger partial charge in [-0.25, -0.2) is 4.79 Å². The van der Waals surface area contributed by atoms with Gasteiger partial charge in [0.2, 0.25) is 0 Å². The lowest BCUT2D eigenvalue weighted by molar-refractivity contribution is -0.0465. The van der Waals surface area contributed by atoms with E-state index in [-0.39, 0.29) is 24.3 Å². The SMILES string of the molecule is CCOC1CC(NC(=O)OC(C)(C)C)C1NC1CCC(CC)C1. The Morgan fingerprint density at radius 1 is 1.17 bits per heavy atom. The number of carbonyl (C=O) groups excluding carboxylic acids is 1. The first-order valence-corrected chi connectivity index (χ1v) is 9.19. The highest BCUT2D eigenvalue weighted by atomic mass is 16.6. The molecule has 0 heterocycles. The largest absolute Gasteiger partial charge is 0.444 e. The molecule has 134 valence electrons. The van der Waals surface area contributed by atoms with E-state index >= 15 is 0 Å². The van der Waals surface area contributed by atoms with Gasteiger partial charge in [-0.15, -0.1) is 0 Å². The van der Waals surface area contributed by atoms with Crippen molar-refractivity contribution >= 4 is 6.09 Å². The molecular formula is C18H34N2O3. The molecule has 0 aromatic carbocycles. The van der Waals surface area contributed by atoms with E-state index in [1.54, 1.807) is 0 Å². The number of rotatable bonds is 6. The number of ether oxygens (including phenoxy) is 2. The van der Waals surface area contributed by atoms with Gasteiger partial charge < -0.3 is 20.1 Å². The fourth-order valence-corrected chi connectivity index (χ4v) is 3.69. The Kier molecular flexibility index (Phi) is 6.32. The van der Waals surface area contributed by atoms with Crippen molar-refractivity contribution in [1.82, 2.24) is 10.6 Å². The molecule has 5 unspecified atom stereocenters. The Morgan fingerprint density at radius 2 is 1.91 bits per heavy atom. The standard InChI is InChI=1S/C18H34N2O3/c1-6-12-8-9-13(10-12)19-16-14(11-15(16)22-7-2)20-17(21)23-18(3,4)5/h12-16,19H,6-11H2,1-5H3,(H,20,21). The number of amides is 1. The molecule has 23 heavy (non-hydrogen) atoms. The summed E-state index contributed by atoms with van der Waals surface area (Å²) in [6.45, 7) is 10.7. The van der Waals surface area contributed by atoms with Gasteiger partial charge in [-0.05, 0) is 59.3 Å². The third-order valence-corrected chi connectivity index (χ3v) is 4.95. The molecule has 0 aliphatic heterocycles. The quantitative estimate of drug-likeness (QED) is 0.787. The summed E-state index contributed by atoms with van der Waals surface area (Å²) < 4.78 is 11.2. The molecular weight excluding hydrogens is 292 g/mol. The predicted molar refractivity (Wildman–Crippen MR) is 91.5 cm³/mol. The Morgan fingerprint density at radius 3 is 2.48 bits per heavy atom. The van der Waals surface area contributed by atoms with Crippen LogP contribution in [0.1, 0.15) is 66.7 Å². The summed E-state index contributed by atoms with van der Waals surface area (Å²) in [5.41, 5.74) is -0.462. The van der Waals surface area contributed by atoms with Gasteiger partial charge in [0.1, 0.15) is 5.60 Å². The first kappa shape index (κ1) is 18.5. The van der Waals surface area contributed by atoms with Gasteiger partial charge >= 0.3 is 6.09 Å². The topological polar surface area (TPSA) is 59.6 Å². The zero-order valence-electron chi connectivity index (χ0n) is 15.4. The van der Waals surface area contributed by atoms with Crippen LogP contribution in [0.4, 0.5) is 4.79 Å². The third-order valence-electron chi connectivity index (χ3n) is 4.95. The molecule has 5 atom stereocenters. The minimum atomic E-state index is -0.462. The van der Waals surface area contributed by atoms with Crippen LogP contribution in [-0.2, 0) is 9.47 Å². The molecule has 0 saturated heterocycles. The van der Waals surface area contributed by atoms with Crippen LogP contribution in [0.2, 0.25) is 0 Å². The Labute approximate surface area is 140 Å². The summed E-state index contributed by atoms with van der Waals surface area (Å²) in [6.07, 6.45) is 5.76. The first-order chi connectivity index (χ1) is 10.8. The summed E-state index contributed by atoms with van der Waals surface area (Å²) in [5.74, 6) is 0.843. The molecule has 2 saturated carbocycles. The van der Waals surface area contributed by atoms with Crippen molar-refractivity contribution in [2.45, 2.75) is 96.6 Å². The molecule has 2 aliphatic rings. The average molecular weight is 326 g/mol. The van der Waals surface area contributed by atoms with E-state index in [4.69, 9.17) is 9.47 Å². The molecule has 2 rings (SSSR count). The van der Waals surface area contributed by atoms with E-state index in [2.05, 4.69) is 17.6 Å². The Bertz CT molecular complexity index is 394. The average Bonchev–Trinajstić information content (AvgIpc) is 2.89. The highest BCUT2D eigenvalue weighted by Gasteiger charge is 2.44. The van der Waals surface area contributed by atoms with Crippen LogP contribution in [0.5, 0.6) is 0 Å². The van der Waals surface area contributed by atoms with Gasteiger partial charge in [0.05, 0.1) is 18.2 Å². The number of carbonyl (C=O) groups is 1. The van der Waals surface area contributed by atoms with E-state index in [0.717, 1.165) is 12.3 Å². The first-order valence-electron chi connectivity index (χ1n) is 9.19. The normalized spacial score (nSPS) is 34.0. The van der Waals surface area contributed by atoms with Crippen molar-refractivity contribution < 1.29 is 14.3 Å². The maximum absolute atomic E-state index is 12.0. The molecule has 0 bridgehead atoms. The second kappa shape index (κ2) is 7.84. The lowest BCUT2D eigenvalue weighted by Gasteiger charge is -2.46. The van der Waals surface area contributed by atoms with Crippen LogP contribution in [0.15, 0.2) is 0 Å². The molecule has 5 heteroatoms. The zero-order chi connectivity index (χ0) is 17.0. The van der Waals surface area contributed by atoms with Crippen molar-refractivity contribution in [3.8, 4) is 0 Å². The minimum Gasteiger partial charge on any atom is -0.444 e. The van der Waals surface area contributed by atoms with Crippen molar-refractivity contribution in [2.24, 2.45) is 5.92 Å². The van der Waals surface area contributed by atoms with Crippen LogP contribution in [0.3, 0.4) is 0 Å². The summed E-state index contributed by atoms with van der Waals surface area (Å²) in [7, 11) is 0. The lowest BCUT2D eigenvalue weighted by atomic mass is 9.82. The van der Waals surface area contributed by atoms with Crippen molar-refractivity contribution in [3.05, 3.63) is 0 Å². The number of nitrogens with one attached hydrogen (secondary N) is 2. The Balaban J connectivity index is 1.85. The molecule has 2 N–H and O–H groups in total. The molecule has 0 spiro atoms. The number of hydrogen-bond donors (Lipinski definition) is 2. The maximum atomic E-state index is 12.0. The van der Waals surface area contributed by atoms with Crippen molar-refractivity contribution in [3.63, 3.8) is 0 Å². The van der Waals surface area contributed by atoms with Gasteiger partial charge in [-0.2, -0.15) is 0 Å². The van der Waals surface area contributed by atoms with E-state index in [9.17, 15) is 4.79 Å². The fraction of sp³-hybridized carbons (Fsp3) is 0.944. The van der Waals surface area contributed by atoms with E-state index in [1.807, 2.05) is 27.7 Å². The summed E-state index contributed by atoms with van der Waals surface area (Å²) in [5, 5.41) is 6.74. The highest BCUT2D eigenvalue weighted by molar-refractivity contribution is 5.68. The van der Waals surface area contributed by atoms with E-state index in [1.165, 1.54) is 25.7 Å². The molecule has 0 aromatic rings. The lowest BCUT2D eigenvalue weighted by Crippen LogP contribution is -2.67. The number of alkyl carbamates (subject to hydrolysis) is 1. The predicted octanol–water partition coefficient (Wildman–Crippen LogP) is 3.23. The molecule has 2 aliphatic carbocycles. The van der Waals surface area contributed by atoms with Gasteiger partial charge in [0.15, 0.2) is 0 Å². The van der Waals surface area contributed by atoms with Gasteiger partial charge in [-0.1, -0.05) is 13.3 Å². The van der Waals surface area contributed by atoms with Gasteiger partial charge in [0.25, 0.3) is 0 Å². The van der Waals surface area contributed by atoms with Gasteiger partial charge in [0, 0.05) is 12.6 Å². The van der Waals surface area contributed by atoms with E-state index < -0.39 is 5.60 Å². The fourth-order valence-electron chi connectivity index (χ4n) is 3.69. The van der Waals surface area contributed by atoms with Crippen molar-refractivity contribution in [1.29, 1.82) is 0 Å². The summed E-state index contributed by atoms with van der Waals surface area (Å²) in [4.78, 5) is 12.0. The molecule has 0 aromatic heterocycles. The van der Waals surface area contributed by atoms with Crippen molar-refractivity contribution in [2.75, 3.05) is 6.61 Å². The highest BCUT2D eigenvalue weighted by Crippen LogP contribution is 2.31. The summed E-state index contributed by atoms with van der Waals surface area (Å²) in [6, 6.07) is 0.848. The second-order valence-electron chi connectivity index (χ2n) is 7.96. The summed E-state index contributed by atoms with van der Waals surface area (Å²) >= 11 is 0. The maximum Gasteiger partial charge on any atom is 0.407 e. The van der Waals surface area contributed by atoms with Crippen LogP contribution in [-0.4, -0.2) is 42.5 Å². The molecule has 2 fully saturated rings. The second-order valence-corrected chi connectivity index (χ2v) is 7.96. The van der Waals surface area contributed by atoms with Crippen LogP contribution in [0, 0.1) is 5.92 Å². The minimum absolute atomic E-state index is 0.0991. The Hall–Kier alpha value is -0.810. The third kappa shape index (κ3) is 5.35.